The van der Waals surface area contributed by atoms with Crippen LogP contribution in [0, 0.1) is 0 Å². The van der Waals surface area contributed by atoms with Crippen LogP contribution in [0.2, 0.25) is 0 Å². The number of hydrogen-bond acceptors (Lipinski definition) is 3. The highest BCUT2D eigenvalue weighted by atomic mass is 16.5. The number of hydrogen-bond donors (Lipinski definition) is 0. The zero-order chi connectivity index (χ0) is 13.7. The van der Waals surface area contributed by atoms with E-state index >= 15 is 0 Å². The van der Waals surface area contributed by atoms with Gasteiger partial charge in [-0.25, -0.2) is 0 Å². The number of fused-ring (bicyclic) bond motifs is 1. The lowest BCUT2D eigenvalue weighted by molar-refractivity contribution is -0.141. The van der Waals surface area contributed by atoms with Crippen LogP contribution >= 0.6 is 0 Å². The number of carbonyl (C=O) groups excluding carboxylic acids is 1. The van der Waals surface area contributed by atoms with E-state index < -0.39 is 0 Å². The smallest absolute Gasteiger partial charge is 0.319 e. The molecular weight excluding hydrogens is 238 g/mol. The van der Waals surface area contributed by atoms with Crippen LogP contribution in [-0.2, 0) is 28.8 Å². The SMILES string of the molecule is COC(=O)CN(C)CCc1ccc2c(c1)CCCC2. The molecule has 104 valence electrons. The van der Waals surface area contributed by atoms with Crippen LogP contribution in [0.15, 0.2) is 18.2 Å². The molecule has 0 atom stereocenters. The summed E-state index contributed by atoms with van der Waals surface area (Å²) < 4.78 is 4.67. The minimum absolute atomic E-state index is 0.173. The van der Waals surface area contributed by atoms with Crippen molar-refractivity contribution in [3.05, 3.63) is 34.9 Å². The summed E-state index contributed by atoms with van der Waals surface area (Å²) in [6.45, 7) is 1.25. The van der Waals surface area contributed by atoms with Crippen molar-refractivity contribution in [2.75, 3.05) is 27.2 Å². The van der Waals surface area contributed by atoms with Crippen LogP contribution in [-0.4, -0.2) is 38.1 Å². The van der Waals surface area contributed by atoms with E-state index in [1.54, 1.807) is 0 Å². The van der Waals surface area contributed by atoms with Gasteiger partial charge < -0.3 is 4.74 Å². The first-order valence-corrected chi connectivity index (χ1v) is 7.05. The second kappa shape index (κ2) is 6.71. The quantitative estimate of drug-likeness (QED) is 0.761. The van der Waals surface area contributed by atoms with E-state index in [9.17, 15) is 4.79 Å². The third-order valence-corrected chi connectivity index (χ3v) is 3.82. The number of benzene rings is 1. The van der Waals surface area contributed by atoms with E-state index in [-0.39, 0.29) is 5.97 Å². The molecule has 3 heteroatoms. The molecule has 1 aromatic carbocycles. The predicted molar refractivity (Wildman–Crippen MR) is 76.3 cm³/mol. The Labute approximate surface area is 115 Å². The Bertz CT molecular complexity index is 442. The van der Waals surface area contributed by atoms with Gasteiger partial charge in [0.15, 0.2) is 0 Å². The summed E-state index contributed by atoms with van der Waals surface area (Å²) in [5.74, 6) is -0.173. The molecule has 3 nitrogen and oxygen atoms in total. The molecule has 0 fully saturated rings. The van der Waals surface area contributed by atoms with Crippen molar-refractivity contribution in [1.29, 1.82) is 0 Å². The fourth-order valence-electron chi connectivity index (χ4n) is 2.63. The Kier molecular flexibility index (Phi) is 4.97. The molecule has 19 heavy (non-hydrogen) atoms. The number of carbonyl (C=O) groups is 1. The number of ether oxygens (including phenoxy) is 1. The van der Waals surface area contributed by atoms with Gasteiger partial charge in [-0.05, 0) is 55.8 Å². The summed E-state index contributed by atoms with van der Waals surface area (Å²) in [5, 5.41) is 0. The van der Waals surface area contributed by atoms with Gasteiger partial charge in [0.1, 0.15) is 0 Å². The third-order valence-electron chi connectivity index (χ3n) is 3.82. The Balaban J connectivity index is 1.87. The monoisotopic (exact) mass is 261 g/mol. The van der Waals surface area contributed by atoms with E-state index in [1.165, 1.54) is 49.5 Å². The van der Waals surface area contributed by atoms with E-state index in [0.29, 0.717) is 6.54 Å². The number of rotatable bonds is 5. The molecule has 0 saturated heterocycles. The number of methoxy groups -OCH3 is 1. The summed E-state index contributed by atoms with van der Waals surface area (Å²) in [6, 6.07) is 6.86. The van der Waals surface area contributed by atoms with Crippen molar-refractivity contribution < 1.29 is 9.53 Å². The molecule has 0 amide bonds. The molecule has 0 saturated carbocycles. The van der Waals surface area contributed by atoms with E-state index in [1.807, 2.05) is 11.9 Å². The van der Waals surface area contributed by atoms with Crippen LogP contribution in [0.1, 0.15) is 29.5 Å². The average molecular weight is 261 g/mol. The number of likely N-dealkylation sites (N-methyl/N-ethyl adjacent to an activating group) is 1. The number of esters is 1. The van der Waals surface area contributed by atoms with E-state index in [0.717, 1.165) is 13.0 Å². The van der Waals surface area contributed by atoms with Crippen LogP contribution in [0.25, 0.3) is 0 Å². The zero-order valence-electron chi connectivity index (χ0n) is 11.9. The lowest BCUT2D eigenvalue weighted by Crippen LogP contribution is -2.28. The fraction of sp³-hybridized carbons (Fsp3) is 0.562. The van der Waals surface area contributed by atoms with Crippen LogP contribution < -0.4 is 0 Å². The van der Waals surface area contributed by atoms with Gasteiger partial charge >= 0.3 is 5.97 Å². The summed E-state index contributed by atoms with van der Waals surface area (Å²) in [5.41, 5.74) is 4.43. The fourth-order valence-corrected chi connectivity index (χ4v) is 2.63. The maximum atomic E-state index is 11.2. The Morgan fingerprint density at radius 2 is 2.00 bits per heavy atom. The molecule has 1 aliphatic rings. The van der Waals surface area contributed by atoms with Crippen molar-refractivity contribution in [2.24, 2.45) is 0 Å². The molecule has 2 rings (SSSR count). The predicted octanol–water partition coefficient (Wildman–Crippen LogP) is 2.21. The summed E-state index contributed by atoms with van der Waals surface area (Å²) in [6.07, 6.45) is 6.09. The van der Waals surface area contributed by atoms with Crippen LogP contribution in [0.5, 0.6) is 0 Å². The minimum atomic E-state index is -0.173. The highest BCUT2D eigenvalue weighted by molar-refractivity contribution is 5.71. The highest BCUT2D eigenvalue weighted by Gasteiger charge is 2.10. The molecule has 0 spiro atoms. The first-order valence-electron chi connectivity index (χ1n) is 7.05. The van der Waals surface area contributed by atoms with Gasteiger partial charge in [0.25, 0.3) is 0 Å². The molecule has 0 aliphatic heterocycles. The molecule has 0 unspecified atom stereocenters. The molecule has 0 N–H and O–H groups in total. The molecule has 0 bridgehead atoms. The topological polar surface area (TPSA) is 29.5 Å². The molecule has 1 aromatic rings. The van der Waals surface area contributed by atoms with Crippen LogP contribution in [0.4, 0.5) is 0 Å². The van der Waals surface area contributed by atoms with Crippen molar-refractivity contribution in [3.8, 4) is 0 Å². The van der Waals surface area contributed by atoms with Gasteiger partial charge in [-0.2, -0.15) is 0 Å². The van der Waals surface area contributed by atoms with Crippen molar-refractivity contribution >= 4 is 5.97 Å². The second-order valence-electron chi connectivity index (χ2n) is 5.37. The average Bonchev–Trinajstić information content (AvgIpc) is 2.44. The molecule has 0 heterocycles. The standard InChI is InChI=1S/C16H23NO2/c1-17(12-16(18)19-2)10-9-13-7-8-14-5-3-4-6-15(14)11-13/h7-8,11H,3-6,9-10,12H2,1-2H3. The van der Waals surface area contributed by atoms with Crippen LogP contribution in [0.3, 0.4) is 0 Å². The summed E-state index contributed by atoms with van der Waals surface area (Å²) in [4.78, 5) is 13.2. The van der Waals surface area contributed by atoms with E-state index in [2.05, 4.69) is 22.9 Å². The zero-order valence-corrected chi connectivity index (χ0v) is 11.9. The Morgan fingerprint density at radius 3 is 2.74 bits per heavy atom. The molecule has 0 radical (unpaired) electrons. The van der Waals surface area contributed by atoms with Gasteiger partial charge in [0.05, 0.1) is 13.7 Å². The lowest BCUT2D eigenvalue weighted by atomic mass is 9.90. The van der Waals surface area contributed by atoms with Crippen molar-refractivity contribution in [3.63, 3.8) is 0 Å². The molecule has 0 aromatic heterocycles. The Morgan fingerprint density at radius 1 is 1.26 bits per heavy atom. The first-order chi connectivity index (χ1) is 9.19. The highest BCUT2D eigenvalue weighted by Crippen LogP contribution is 2.22. The third kappa shape index (κ3) is 4.06. The lowest BCUT2D eigenvalue weighted by Gasteiger charge is -2.18. The summed E-state index contributed by atoms with van der Waals surface area (Å²) in [7, 11) is 3.38. The number of aryl methyl sites for hydroxylation is 2. The van der Waals surface area contributed by atoms with Gasteiger partial charge in [0, 0.05) is 6.54 Å². The van der Waals surface area contributed by atoms with Gasteiger partial charge in [-0.15, -0.1) is 0 Å². The molecular formula is C16H23NO2. The van der Waals surface area contributed by atoms with Crippen molar-refractivity contribution in [2.45, 2.75) is 32.1 Å². The molecule has 1 aliphatic carbocycles. The Hall–Kier alpha value is -1.35. The van der Waals surface area contributed by atoms with Gasteiger partial charge in [-0.1, -0.05) is 18.2 Å². The largest absolute Gasteiger partial charge is 0.468 e. The van der Waals surface area contributed by atoms with Crippen molar-refractivity contribution in [1.82, 2.24) is 4.90 Å². The first kappa shape index (κ1) is 14.1. The van der Waals surface area contributed by atoms with Gasteiger partial charge in [0.2, 0.25) is 0 Å². The van der Waals surface area contributed by atoms with Gasteiger partial charge in [-0.3, -0.25) is 9.69 Å². The normalized spacial score (nSPS) is 14.3. The minimum Gasteiger partial charge on any atom is -0.468 e. The van der Waals surface area contributed by atoms with E-state index in [4.69, 9.17) is 0 Å². The number of nitrogens with zero attached hydrogens (tertiary/aromatic N) is 1. The maximum Gasteiger partial charge on any atom is 0.319 e. The summed E-state index contributed by atoms with van der Waals surface area (Å²) >= 11 is 0. The maximum absolute atomic E-state index is 11.2. The second-order valence-corrected chi connectivity index (χ2v) is 5.37.